The van der Waals surface area contributed by atoms with Gasteiger partial charge in [-0.25, -0.2) is 4.98 Å². The molecular formula is C21H23N7O. The first-order valence-electron chi connectivity index (χ1n) is 9.77. The Labute approximate surface area is 168 Å². The molecule has 0 saturated carbocycles. The Kier molecular flexibility index (Phi) is 4.21. The van der Waals surface area contributed by atoms with E-state index >= 15 is 0 Å². The molecule has 0 atom stereocenters. The van der Waals surface area contributed by atoms with Gasteiger partial charge in [0.15, 0.2) is 0 Å². The molecule has 1 aromatic carbocycles. The summed E-state index contributed by atoms with van der Waals surface area (Å²) in [5.74, 6) is -0.170. The Morgan fingerprint density at radius 2 is 1.93 bits per heavy atom. The van der Waals surface area contributed by atoms with E-state index in [2.05, 4.69) is 25.6 Å². The second-order valence-electron chi connectivity index (χ2n) is 7.45. The summed E-state index contributed by atoms with van der Waals surface area (Å²) in [4.78, 5) is 19.8. The SMILES string of the molecule is Cc1cn2cc(NC(=O)c3ccc(N4CCNCC4)c4cn(C)nc34)ccc2n1. The molecular weight excluding hydrogens is 366 g/mol. The number of amides is 1. The lowest BCUT2D eigenvalue weighted by Crippen LogP contribution is -2.43. The number of nitrogens with one attached hydrogen (secondary N) is 2. The number of aromatic nitrogens is 4. The highest BCUT2D eigenvalue weighted by Crippen LogP contribution is 2.29. The molecule has 1 saturated heterocycles. The summed E-state index contributed by atoms with van der Waals surface area (Å²) in [7, 11) is 1.89. The van der Waals surface area contributed by atoms with Crippen LogP contribution in [0.1, 0.15) is 16.1 Å². The molecule has 3 aromatic heterocycles. The van der Waals surface area contributed by atoms with Crippen molar-refractivity contribution in [1.82, 2.24) is 24.5 Å². The molecule has 8 heteroatoms. The first kappa shape index (κ1) is 17.7. The maximum atomic E-state index is 13.1. The van der Waals surface area contributed by atoms with Gasteiger partial charge in [0.2, 0.25) is 0 Å². The summed E-state index contributed by atoms with van der Waals surface area (Å²) < 4.78 is 3.68. The first-order chi connectivity index (χ1) is 14.1. The summed E-state index contributed by atoms with van der Waals surface area (Å²) in [6.45, 7) is 5.75. The molecule has 148 valence electrons. The molecule has 1 fully saturated rings. The maximum Gasteiger partial charge on any atom is 0.257 e. The number of pyridine rings is 1. The fourth-order valence-electron chi connectivity index (χ4n) is 3.96. The molecule has 4 aromatic rings. The predicted molar refractivity (Wildman–Crippen MR) is 114 cm³/mol. The molecule has 0 bridgehead atoms. The van der Waals surface area contributed by atoms with E-state index in [9.17, 15) is 4.79 Å². The molecule has 0 unspecified atom stereocenters. The smallest absolute Gasteiger partial charge is 0.257 e. The van der Waals surface area contributed by atoms with Crippen molar-refractivity contribution in [2.75, 3.05) is 36.4 Å². The van der Waals surface area contributed by atoms with Crippen LogP contribution in [-0.4, -0.2) is 51.3 Å². The van der Waals surface area contributed by atoms with Gasteiger partial charge in [0, 0.05) is 62.9 Å². The molecule has 4 heterocycles. The minimum Gasteiger partial charge on any atom is -0.368 e. The fraction of sp³-hybridized carbons (Fsp3) is 0.286. The topological polar surface area (TPSA) is 79.5 Å². The quantitative estimate of drug-likeness (QED) is 0.562. The lowest BCUT2D eigenvalue weighted by Gasteiger charge is -2.30. The number of fused-ring (bicyclic) bond motifs is 2. The van der Waals surface area contributed by atoms with Crippen molar-refractivity contribution in [3.8, 4) is 0 Å². The zero-order chi connectivity index (χ0) is 20.0. The minimum absolute atomic E-state index is 0.170. The third-order valence-corrected chi connectivity index (χ3v) is 5.30. The minimum atomic E-state index is -0.170. The van der Waals surface area contributed by atoms with Crippen molar-refractivity contribution in [1.29, 1.82) is 0 Å². The standard InChI is InChI=1S/C21H23N7O/c1-14-11-28-12-15(3-6-19(28)23-14)24-21(29)16-4-5-18(27-9-7-22-8-10-27)17-13-26(2)25-20(16)17/h3-6,11-13,22H,7-10H2,1-2H3,(H,24,29). The van der Waals surface area contributed by atoms with E-state index in [0.29, 0.717) is 5.56 Å². The summed E-state index contributed by atoms with van der Waals surface area (Å²) in [5.41, 5.74) is 4.93. The van der Waals surface area contributed by atoms with E-state index in [1.165, 1.54) is 0 Å². The van der Waals surface area contributed by atoms with Gasteiger partial charge in [-0.3, -0.25) is 9.48 Å². The summed E-state index contributed by atoms with van der Waals surface area (Å²) >= 11 is 0. The Bertz CT molecular complexity index is 1220. The zero-order valence-corrected chi connectivity index (χ0v) is 16.5. The largest absolute Gasteiger partial charge is 0.368 e. The number of piperazine rings is 1. The van der Waals surface area contributed by atoms with E-state index in [-0.39, 0.29) is 5.91 Å². The highest BCUT2D eigenvalue weighted by molar-refractivity contribution is 6.13. The van der Waals surface area contributed by atoms with Crippen molar-refractivity contribution < 1.29 is 4.79 Å². The third-order valence-electron chi connectivity index (χ3n) is 5.30. The molecule has 8 nitrogen and oxygen atoms in total. The lowest BCUT2D eigenvalue weighted by atomic mass is 10.1. The Hall–Kier alpha value is -3.39. The average Bonchev–Trinajstić information content (AvgIpc) is 3.28. The molecule has 0 radical (unpaired) electrons. The number of nitrogens with zero attached hydrogens (tertiary/aromatic N) is 5. The number of aryl methyl sites for hydroxylation is 2. The number of hydrogen-bond donors (Lipinski definition) is 2. The maximum absolute atomic E-state index is 13.1. The van der Waals surface area contributed by atoms with Crippen LogP contribution in [0, 0.1) is 6.92 Å². The molecule has 1 aliphatic rings. The van der Waals surface area contributed by atoms with Crippen LogP contribution in [-0.2, 0) is 7.05 Å². The van der Waals surface area contributed by atoms with Crippen LogP contribution in [0.2, 0.25) is 0 Å². The van der Waals surface area contributed by atoms with Crippen LogP contribution in [0.3, 0.4) is 0 Å². The van der Waals surface area contributed by atoms with Crippen LogP contribution in [0.5, 0.6) is 0 Å². The number of imidazole rings is 1. The molecule has 2 N–H and O–H groups in total. The van der Waals surface area contributed by atoms with Gasteiger partial charge in [0.25, 0.3) is 5.91 Å². The average molecular weight is 389 g/mol. The fourth-order valence-corrected chi connectivity index (χ4v) is 3.96. The summed E-state index contributed by atoms with van der Waals surface area (Å²) in [6, 6.07) is 7.67. The highest BCUT2D eigenvalue weighted by Gasteiger charge is 2.20. The number of benzene rings is 1. The van der Waals surface area contributed by atoms with Gasteiger partial charge < -0.3 is 19.9 Å². The zero-order valence-electron chi connectivity index (χ0n) is 16.5. The number of carbonyl (C=O) groups is 1. The van der Waals surface area contributed by atoms with E-state index in [1.54, 1.807) is 4.68 Å². The third kappa shape index (κ3) is 3.21. The molecule has 5 rings (SSSR count). The van der Waals surface area contributed by atoms with Crippen molar-refractivity contribution in [2.45, 2.75) is 6.92 Å². The van der Waals surface area contributed by atoms with Gasteiger partial charge in [-0.2, -0.15) is 5.10 Å². The number of carbonyl (C=O) groups excluding carboxylic acids is 1. The summed E-state index contributed by atoms with van der Waals surface area (Å²) in [6.07, 6.45) is 5.80. The molecule has 1 aliphatic heterocycles. The number of anilines is 2. The van der Waals surface area contributed by atoms with E-state index in [4.69, 9.17) is 0 Å². The predicted octanol–water partition coefficient (Wildman–Crippen LogP) is 2.19. The van der Waals surface area contributed by atoms with Gasteiger partial charge >= 0.3 is 0 Å². The van der Waals surface area contributed by atoms with Crippen molar-refractivity contribution >= 4 is 33.8 Å². The Morgan fingerprint density at radius 1 is 1.10 bits per heavy atom. The van der Waals surface area contributed by atoms with Gasteiger partial charge in [-0.05, 0) is 31.2 Å². The van der Waals surface area contributed by atoms with E-state index in [1.807, 2.05) is 61.2 Å². The van der Waals surface area contributed by atoms with Crippen LogP contribution >= 0.6 is 0 Å². The van der Waals surface area contributed by atoms with E-state index in [0.717, 1.165) is 59.8 Å². The highest BCUT2D eigenvalue weighted by atomic mass is 16.1. The number of rotatable bonds is 3. The number of hydrogen-bond acceptors (Lipinski definition) is 5. The van der Waals surface area contributed by atoms with E-state index < -0.39 is 0 Å². The van der Waals surface area contributed by atoms with Crippen molar-refractivity contribution in [2.24, 2.45) is 7.05 Å². The second kappa shape index (κ2) is 6.89. The second-order valence-corrected chi connectivity index (χ2v) is 7.45. The first-order valence-corrected chi connectivity index (χ1v) is 9.77. The van der Waals surface area contributed by atoms with Crippen molar-refractivity contribution in [3.63, 3.8) is 0 Å². The van der Waals surface area contributed by atoms with Crippen LogP contribution in [0.15, 0.2) is 42.9 Å². The molecule has 0 aliphatic carbocycles. The summed E-state index contributed by atoms with van der Waals surface area (Å²) in [5, 5.41) is 12.0. The lowest BCUT2D eigenvalue weighted by molar-refractivity contribution is 0.102. The molecule has 29 heavy (non-hydrogen) atoms. The molecule has 1 amide bonds. The van der Waals surface area contributed by atoms with Gasteiger partial charge in [-0.15, -0.1) is 0 Å². The van der Waals surface area contributed by atoms with Gasteiger partial charge in [0.05, 0.1) is 16.9 Å². The Morgan fingerprint density at radius 3 is 2.76 bits per heavy atom. The van der Waals surface area contributed by atoms with Crippen molar-refractivity contribution in [3.05, 3.63) is 54.1 Å². The van der Waals surface area contributed by atoms with Crippen LogP contribution in [0.25, 0.3) is 16.6 Å². The van der Waals surface area contributed by atoms with Crippen LogP contribution in [0.4, 0.5) is 11.4 Å². The monoisotopic (exact) mass is 389 g/mol. The van der Waals surface area contributed by atoms with Gasteiger partial charge in [-0.1, -0.05) is 0 Å². The Balaban J connectivity index is 1.49. The van der Waals surface area contributed by atoms with Gasteiger partial charge in [0.1, 0.15) is 11.2 Å². The van der Waals surface area contributed by atoms with Crippen LogP contribution < -0.4 is 15.5 Å². The normalized spacial score (nSPS) is 14.6. The molecule has 0 spiro atoms.